The first-order valence-electron chi connectivity index (χ1n) is 10.5. The molecule has 0 saturated heterocycles. The van der Waals surface area contributed by atoms with E-state index in [1.54, 1.807) is 54.6 Å². The number of hydrogen-bond acceptors (Lipinski definition) is 5. The lowest BCUT2D eigenvalue weighted by molar-refractivity contribution is 0.0994. The second-order valence-corrected chi connectivity index (χ2v) is 8.72. The zero-order valence-corrected chi connectivity index (χ0v) is 19.2. The topological polar surface area (TPSA) is 94.3 Å². The van der Waals surface area contributed by atoms with Crippen LogP contribution in [0.15, 0.2) is 72.8 Å². The Labute approximate surface area is 200 Å². The SMILES string of the molecule is Cc1nc(NC(=O)c2cccc(COc3ccccc3C(N)=O)c2)sc1Cc1ccc(F)cc1. The molecule has 1 aromatic heterocycles. The van der Waals surface area contributed by atoms with Crippen molar-refractivity contribution in [3.05, 3.63) is 111 Å². The van der Waals surface area contributed by atoms with Crippen LogP contribution in [0.2, 0.25) is 0 Å². The van der Waals surface area contributed by atoms with Crippen molar-refractivity contribution >= 4 is 28.3 Å². The number of halogens is 1. The Morgan fingerprint density at radius 2 is 1.79 bits per heavy atom. The minimum atomic E-state index is -0.568. The zero-order chi connectivity index (χ0) is 24.1. The van der Waals surface area contributed by atoms with E-state index in [2.05, 4.69) is 10.3 Å². The molecule has 0 aliphatic carbocycles. The molecule has 8 heteroatoms. The van der Waals surface area contributed by atoms with Crippen LogP contribution in [-0.4, -0.2) is 16.8 Å². The van der Waals surface area contributed by atoms with Crippen molar-refractivity contribution in [2.75, 3.05) is 5.32 Å². The number of carbonyl (C=O) groups is 2. The van der Waals surface area contributed by atoms with Gasteiger partial charge in [0.25, 0.3) is 11.8 Å². The molecule has 34 heavy (non-hydrogen) atoms. The van der Waals surface area contributed by atoms with Gasteiger partial charge in [-0.1, -0.05) is 36.4 Å². The molecule has 0 aliphatic rings. The summed E-state index contributed by atoms with van der Waals surface area (Å²) in [5.74, 6) is -0.748. The molecule has 2 amide bonds. The molecular formula is C26H22FN3O3S. The van der Waals surface area contributed by atoms with E-state index in [-0.39, 0.29) is 18.3 Å². The fourth-order valence-electron chi connectivity index (χ4n) is 3.36. The minimum Gasteiger partial charge on any atom is -0.488 e. The summed E-state index contributed by atoms with van der Waals surface area (Å²) >= 11 is 1.39. The van der Waals surface area contributed by atoms with Gasteiger partial charge in [0, 0.05) is 16.9 Å². The number of ether oxygens (including phenoxy) is 1. The molecule has 4 rings (SSSR count). The number of anilines is 1. The van der Waals surface area contributed by atoms with E-state index in [9.17, 15) is 14.0 Å². The lowest BCUT2D eigenvalue weighted by Crippen LogP contribution is -2.13. The molecule has 3 aromatic carbocycles. The molecule has 172 valence electrons. The van der Waals surface area contributed by atoms with Crippen LogP contribution < -0.4 is 15.8 Å². The standard InChI is InChI=1S/C26H22FN3O3S/c1-16-23(14-17-9-11-20(27)12-10-17)34-26(29-16)30-25(32)19-6-4-5-18(13-19)15-33-22-8-3-2-7-21(22)24(28)31/h2-13H,14-15H2,1H3,(H2,28,31)(H,29,30,32). The highest BCUT2D eigenvalue weighted by Gasteiger charge is 2.14. The van der Waals surface area contributed by atoms with E-state index in [4.69, 9.17) is 10.5 Å². The number of primary amides is 1. The number of nitrogens with zero attached hydrogens (tertiary/aromatic N) is 1. The average Bonchev–Trinajstić information content (AvgIpc) is 3.17. The Kier molecular flexibility index (Phi) is 6.98. The Hall–Kier alpha value is -4.04. The maximum Gasteiger partial charge on any atom is 0.257 e. The fourth-order valence-corrected chi connectivity index (χ4v) is 4.35. The van der Waals surface area contributed by atoms with Gasteiger partial charge < -0.3 is 10.5 Å². The van der Waals surface area contributed by atoms with Crippen LogP contribution in [0.25, 0.3) is 0 Å². The van der Waals surface area contributed by atoms with Gasteiger partial charge in [-0.05, 0) is 54.4 Å². The van der Waals surface area contributed by atoms with E-state index < -0.39 is 5.91 Å². The van der Waals surface area contributed by atoms with Crippen LogP contribution >= 0.6 is 11.3 Å². The van der Waals surface area contributed by atoms with E-state index in [0.717, 1.165) is 21.7 Å². The lowest BCUT2D eigenvalue weighted by atomic mass is 10.1. The number of rotatable bonds is 8. The largest absolute Gasteiger partial charge is 0.488 e. The van der Waals surface area contributed by atoms with E-state index in [1.807, 2.05) is 13.0 Å². The molecule has 4 aromatic rings. The highest BCUT2D eigenvalue weighted by Crippen LogP contribution is 2.26. The Morgan fingerprint density at radius 3 is 2.56 bits per heavy atom. The molecule has 0 spiro atoms. The van der Waals surface area contributed by atoms with E-state index in [1.165, 1.54) is 23.5 Å². The fraction of sp³-hybridized carbons (Fsp3) is 0.115. The van der Waals surface area contributed by atoms with Crippen molar-refractivity contribution in [2.24, 2.45) is 5.73 Å². The third-order valence-electron chi connectivity index (χ3n) is 5.13. The molecule has 0 bridgehead atoms. The predicted molar refractivity (Wildman–Crippen MR) is 130 cm³/mol. The number of para-hydroxylation sites is 1. The number of thiazole rings is 1. The van der Waals surface area contributed by atoms with Crippen LogP contribution in [-0.2, 0) is 13.0 Å². The third-order valence-corrected chi connectivity index (χ3v) is 6.20. The third kappa shape index (κ3) is 5.65. The molecule has 0 atom stereocenters. The monoisotopic (exact) mass is 475 g/mol. The summed E-state index contributed by atoms with van der Waals surface area (Å²) in [6.07, 6.45) is 0.610. The summed E-state index contributed by atoms with van der Waals surface area (Å²) in [6, 6.07) is 20.1. The average molecular weight is 476 g/mol. The van der Waals surface area contributed by atoms with Gasteiger partial charge in [-0.2, -0.15) is 0 Å². The summed E-state index contributed by atoms with van der Waals surface area (Å²) < 4.78 is 18.9. The summed E-state index contributed by atoms with van der Waals surface area (Å²) in [5, 5.41) is 3.34. The maximum absolute atomic E-state index is 13.1. The molecule has 0 fully saturated rings. The second kappa shape index (κ2) is 10.3. The van der Waals surface area contributed by atoms with Crippen LogP contribution in [0.5, 0.6) is 5.75 Å². The molecular weight excluding hydrogens is 453 g/mol. The van der Waals surface area contributed by atoms with Gasteiger partial charge in [-0.25, -0.2) is 9.37 Å². The van der Waals surface area contributed by atoms with Crippen molar-refractivity contribution in [1.82, 2.24) is 4.98 Å². The smallest absolute Gasteiger partial charge is 0.257 e. The van der Waals surface area contributed by atoms with Crippen molar-refractivity contribution in [3.8, 4) is 5.75 Å². The van der Waals surface area contributed by atoms with E-state index in [0.29, 0.717) is 28.4 Å². The van der Waals surface area contributed by atoms with E-state index >= 15 is 0 Å². The van der Waals surface area contributed by atoms with Crippen LogP contribution in [0.1, 0.15) is 42.4 Å². The number of aryl methyl sites for hydroxylation is 1. The van der Waals surface area contributed by atoms with Gasteiger partial charge in [0.15, 0.2) is 5.13 Å². The molecule has 0 saturated carbocycles. The summed E-state index contributed by atoms with van der Waals surface area (Å²) in [6.45, 7) is 2.05. The van der Waals surface area contributed by atoms with Gasteiger partial charge in [0.1, 0.15) is 18.2 Å². The summed E-state index contributed by atoms with van der Waals surface area (Å²) in [4.78, 5) is 29.8. The van der Waals surface area contributed by atoms with Crippen molar-refractivity contribution in [1.29, 1.82) is 0 Å². The Bertz CT molecular complexity index is 1340. The molecule has 0 unspecified atom stereocenters. The van der Waals surface area contributed by atoms with Crippen molar-refractivity contribution in [3.63, 3.8) is 0 Å². The van der Waals surface area contributed by atoms with Crippen LogP contribution in [0, 0.1) is 12.7 Å². The van der Waals surface area contributed by atoms with Crippen LogP contribution in [0.3, 0.4) is 0 Å². The first kappa shape index (κ1) is 23.1. The normalized spacial score (nSPS) is 10.6. The van der Waals surface area contributed by atoms with Crippen molar-refractivity contribution in [2.45, 2.75) is 20.0 Å². The second-order valence-electron chi connectivity index (χ2n) is 7.63. The lowest BCUT2D eigenvalue weighted by Gasteiger charge is -2.10. The minimum absolute atomic E-state index is 0.170. The van der Waals surface area contributed by atoms with Gasteiger partial charge >= 0.3 is 0 Å². The number of nitrogens with two attached hydrogens (primary N) is 1. The number of aromatic nitrogens is 1. The first-order valence-corrected chi connectivity index (χ1v) is 11.3. The first-order chi connectivity index (χ1) is 16.4. The number of hydrogen-bond donors (Lipinski definition) is 2. The summed E-state index contributed by atoms with van der Waals surface area (Å²) in [7, 11) is 0. The molecule has 0 radical (unpaired) electrons. The quantitative estimate of drug-likeness (QED) is 0.370. The molecule has 6 nitrogen and oxygen atoms in total. The van der Waals surface area contributed by atoms with Gasteiger partial charge in [-0.3, -0.25) is 14.9 Å². The Morgan fingerprint density at radius 1 is 1.03 bits per heavy atom. The van der Waals surface area contributed by atoms with Gasteiger partial charge in [-0.15, -0.1) is 11.3 Å². The zero-order valence-electron chi connectivity index (χ0n) is 18.4. The number of benzene rings is 3. The number of amides is 2. The van der Waals surface area contributed by atoms with Gasteiger partial charge in [0.05, 0.1) is 11.3 Å². The highest BCUT2D eigenvalue weighted by atomic mass is 32.1. The highest BCUT2D eigenvalue weighted by molar-refractivity contribution is 7.15. The van der Waals surface area contributed by atoms with Crippen LogP contribution in [0.4, 0.5) is 9.52 Å². The predicted octanol–water partition coefficient (Wildman–Crippen LogP) is 5.11. The number of carbonyl (C=O) groups excluding carboxylic acids is 2. The molecule has 1 heterocycles. The molecule has 0 aliphatic heterocycles. The number of nitrogens with one attached hydrogen (secondary N) is 1. The Balaban J connectivity index is 1.42. The molecule has 3 N–H and O–H groups in total. The summed E-state index contributed by atoms with van der Waals surface area (Å²) in [5.41, 5.74) is 8.70. The van der Waals surface area contributed by atoms with Gasteiger partial charge in [0.2, 0.25) is 0 Å². The maximum atomic E-state index is 13.1. The van der Waals surface area contributed by atoms with Crippen molar-refractivity contribution < 1.29 is 18.7 Å².